The summed E-state index contributed by atoms with van der Waals surface area (Å²) in [6.45, 7) is 7.59. The van der Waals surface area contributed by atoms with Gasteiger partial charge in [0.15, 0.2) is 0 Å². The summed E-state index contributed by atoms with van der Waals surface area (Å²) in [6, 6.07) is 0.645. The molecule has 2 nitrogen and oxygen atoms in total. The Morgan fingerprint density at radius 1 is 1.50 bits per heavy atom. The van der Waals surface area contributed by atoms with Crippen molar-refractivity contribution in [1.29, 1.82) is 0 Å². The molecule has 72 valence electrons. The van der Waals surface area contributed by atoms with Crippen LogP contribution in [0.15, 0.2) is 0 Å². The minimum absolute atomic E-state index is 0.0892. The highest BCUT2D eigenvalue weighted by Crippen LogP contribution is 2.31. The molecule has 0 saturated carbocycles. The van der Waals surface area contributed by atoms with Crippen molar-refractivity contribution in [3.8, 4) is 0 Å². The lowest BCUT2D eigenvalue weighted by Gasteiger charge is -2.41. The third-order valence-electron chi connectivity index (χ3n) is 3.18. The smallest absolute Gasteiger partial charge is 0.0692 e. The van der Waals surface area contributed by atoms with Crippen LogP contribution in [0.2, 0.25) is 0 Å². The molecular formula is C10H21NO. The molecule has 1 fully saturated rings. The highest BCUT2D eigenvalue weighted by atomic mass is 16.5. The van der Waals surface area contributed by atoms with Crippen LogP contribution in [0.3, 0.4) is 0 Å². The average molecular weight is 171 g/mol. The van der Waals surface area contributed by atoms with E-state index in [1.165, 1.54) is 0 Å². The third kappa shape index (κ3) is 1.99. The van der Waals surface area contributed by atoms with Crippen molar-refractivity contribution < 1.29 is 4.74 Å². The van der Waals surface area contributed by atoms with Gasteiger partial charge in [0.1, 0.15) is 0 Å². The van der Waals surface area contributed by atoms with Crippen molar-refractivity contribution in [1.82, 2.24) is 5.32 Å². The van der Waals surface area contributed by atoms with Crippen LogP contribution in [-0.2, 0) is 4.74 Å². The van der Waals surface area contributed by atoms with Crippen molar-refractivity contribution >= 4 is 0 Å². The van der Waals surface area contributed by atoms with E-state index < -0.39 is 0 Å². The fraction of sp³-hybridized carbons (Fsp3) is 1.00. The Morgan fingerprint density at radius 3 is 2.67 bits per heavy atom. The summed E-state index contributed by atoms with van der Waals surface area (Å²) in [7, 11) is 2.04. The van der Waals surface area contributed by atoms with Crippen molar-refractivity contribution in [3.05, 3.63) is 0 Å². The van der Waals surface area contributed by atoms with Gasteiger partial charge in [0.2, 0.25) is 0 Å². The Labute approximate surface area is 75.7 Å². The highest BCUT2D eigenvalue weighted by molar-refractivity contribution is 4.87. The lowest BCUT2D eigenvalue weighted by Crippen LogP contribution is -2.47. The first-order chi connectivity index (χ1) is 5.58. The molecule has 1 aliphatic rings. The van der Waals surface area contributed by atoms with E-state index in [9.17, 15) is 0 Å². The van der Waals surface area contributed by atoms with Crippen molar-refractivity contribution in [2.45, 2.75) is 45.3 Å². The summed E-state index contributed by atoms with van der Waals surface area (Å²) in [5.74, 6) is 0.605. The first kappa shape index (κ1) is 10.0. The molecule has 12 heavy (non-hydrogen) atoms. The lowest BCUT2D eigenvalue weighted by atomic mass is 9.83. The van der Waals surface area contributed by atoms with Crippen LogP contribution >= 0.6 is 0 Å². The number of rotatable bonds is 2. The summed E-state index contributed by atoms with van der Waals surface area (Å²) in [5, 5.41) is 3.33. The largest absolute Gasteiger partial charge is 0.375 e. The zero-order valence-corrected chi connectivity index (χ0v) is 8.68. The van der Waals surface area contributed by atoms with Gasteiger partial charge in [0, 0.05) is 12.6 Å². The second-order valence-electron chi connectivity index (χ2n) is 4.29. The maximum Gasteiger partial charge on any atom is 0.0692 e. The number of hydrogen-bond donors (Lipinski definition) is 1. The first-order valence-corrected chi connectivity index (χ1v) is 4.89. The predicted octanol–water partition coefficient (Wildman–Crippen LogP) is 1.80. The molecule has 0 aromatic carbocycles. The van der Waals surface area contributed by atoms with Gasteiger partial charge in [-0.25, -0.2) is 0 Å². The molecule has 1 saturated heterocycles. The van der Waals surface area contributed by atoms with Gasteiger partial charge in [-0.05, 0) is 32.7 Å². The van der Waals surface area contributed by atoms with Gasteiger partial charge in [-0.1, -0.05) is 13.8 Å². The molecule has 2 unspecified atom stereocenters. The number of nitrogens with one attached hydrogen (secondary N) is 1. The molecule has 0 bridgehead atoms. The Bertz CT molecular complexity index is 147. The van der Waals surface area contributed by atoms with E-state index in [0.29, 0.717) is 12.0 Å². The van der Waals surface area contributed by atoms with E-state index in [2.05, 4.69) is 26.1 Å². The Hall–Kier alpha value is -0.0800. The van der Waals surface area contributed by atoms with Crippen LogP contribution in [-0.4, -0.2) is 25.3 Å². The summed E-state index contributed by atoms with van der Waals surface area (Å²) >= 11 is 0. The quantitative estimate of drug-likeness (QED) is 0.684. The Morgan fingerprint density at radius 2 is 2.17 bits per heavy atom. The first-order valence-electron chi connectivity index (χ1n) is 4.89. The second-order valence-corrected chi connectivity index (χ2v) is 4.29. The van der Waals surface area contributed by atoms with Crippen molar-refractivity contribution in [2.24, 2.45) is 5.92 Å². The average Bonchev–Trinajstić information content (AvgIpc) is 2.04. The standard InChI is InChI=1S/C10H21NO/c1-8(2)10(3)7-9(11-4)5-6-12-10/h8-9,11H,5-7H2,1-4H3. The molecule has 0 aromatic rings. The molecule has 2 atom stereocenters. The second kappa shape index (κ2) is 3.75. The predicted molar refractivity (Wildman–Crippen MR) is 51.3 cm³/mol. The van der Waals surface area contributed by atoms with Gasteiger partial charge >= 0.3 is 0 Å². The van der Waals surface area contributed by atoms with Gasteiger partial charge in [0.25, 0.3) is 0 Å². The van der Waals surface area contributed by atoms with Gasteiger partial charge < -0.3 is 10.1 Å². The van der Waals surface area contributed by atoms with Gasteiger partial charge in [0.05, 0.1) is 5.60 Å². The minimum atomic E-state index is 0.0892. The molecule has 0 radical (unpaired) electrons. The van der Waals surface area contributed by atoms with Gasteiger partial charge in [-0.15, -0.1) is 0 Å². The van der Waals surface area contributed by atoms with E-state index in [0.717, 1.165) is 19.4 Å². The lowest BCUT2D eigenvalue weighted by molar-refractivity contribution is -0.103. The molecule has 1 N–H and O–H groups in total. The molecule has 0 amide bonds. The minimum Gasteiger partial charge on any atom is -0.375 e. The summed E-state index contributed by atoms with van der Waals surface area (Å²) in [6.07, 6.45) is 2.29. The summed E-state index contributed by atoms with van der Waals surface area (Å²) < 4.78 is 5.82. The van der Waals surface area contributed by atoms with Crippen molar-refractivity contribution in [2.75, 3.05) is 13.7 Å². The van der Waals surface area contributed by atoms with Crippen molar-refractivity contribution in [3.63, 3.8) is 0 Å². The topological polar surface area (TPSA) is 21.3 Å². The fourth-order valence-electron chi connectivity index (χ4n) is 1.73. The monoisotopic (exact) mass is 171 g/mol. The van der Waals surface area contributed by atoms with E-state index in [-0.39, 0.29) is 5.60 Å². The van der Waals surface area contributed by atoms with E-state index >= 15 is 0 Å². The van der Waals surface area contributed by atoms with Crippen LogP contribution in [0.5, 0.6) is 0 Å². The molecule has 0 aliphatic carbocycles. The van der Waals surface area contributed by atoms with E-state index in [1.807, 2.05) is 7.05 Å². The number of ether oxygens (including phenoxy) is 1. The van der Waals surface area contributed by atoms with Crippen LogP contribution < -0.4 is 5.32 Å². The zero-order valence-electron chi connectivity index (χ0n) is 8.68. The zero-order chi connectivity index (χ0) is 9.19. The van der Waals surface area contributed by atoms with Gasteiger partial charge in [-0.3, -0.25) is 0 Å². The van der Waals surface area contributed by atoms with E-state index in [4.69, 9.17) is 4.74 Å². The summed E-state index contributed by atoms with van der Waals surface area (Å²) in [4.78, 5) is 0. The van der Waals surface area contributed by atoms with E-state index in [1.54, 1.807) is 0 Å². The SMILES string of the molecule is CNC1CCOC(C)(C(C)C)C1. The summed E-state index contributed by atoms with van der Waals surface area (Å²) in [5.41, 5.74) is 0.0892. The molecule has 2 heteroatoms. The van der Waals surface area contributed by atoms with Crippen LogP contribution in [0.4, 0.5) is 0 Å². The highest BCUT2D eigenvalue weighted by Gasteiger charge is 2.35. The Balaban J connectivity index is 2.54. The third-order valence-corrected chi connectivity index (χ3v) is 3.18. The normalized spacial score (nSPS) is 37.2. The Kier molecular flexibility index (Phi) is 3.13. The molecular weight excluding hydrogens is 150 g/mol. The molecule has 1 heterocycles. The molecule has 0 aromatic heterocycles. The molecule has 1 aliphatic heterocycles. The van der Waals surface area contributed by atoms with Crippen LogP contribution in [0.1, 0.15) is 33.6 Å². The molecule has 0 spiro atoms. The fourth-order valence-corrected chi connectivity index (χ4v) is 1.73. The maximum atomic E-state index is 5.82. The van der Waals surface area contributed by atoms with Gasteiger partial charge in [-0.2, -0.15) is 0 Å². The van der Waals surface area contributed by atoms with Crippen LogP contribution in [0.25, 0.3) is 0 Å². The number of hydrogen-bond acceptors (Lipinski definition) is 2. The molecule has 1 rings (SSSR count). The van der Waals surface area contributed by atoms with Crippen LogP contribution in [0, 0.1) is 5.92 Å². The maximum absolute atomic E-state index is 5.82.